The lowest BCUT2D eigenvalue weighted by Crippen LogP contribution is -2.24. The van der Waals surface area contributed by atoms with E-state index >= 15 is 0 Å². The van der Waals surface area contributed by atoms with Crippen molar-refractivity contribution in [2.45, 2.75) is 32.1 Å². The number of nitrogens with one attached hydrogen (secondary N) is 1. The Labute approximate surface area is 149 Å². The minimum Gasteiger partial charge on any atom is -0.469 e. The predicted molar refractivity (Wildman–Crippen MR) is 93.4 cm³/mol. The number of carbonyl (C=O) groups is 2. The van der Waals surface area contributed by atoms with E-state index in [0.29, 0.717) is 25.0 Å². The number of ketones is 1. The largest absolute Gasteiger partial charge is 0.469 e. The molecule has 2 aromatic rings. The van der Waals surface area contributed by atoms with Crippen molar-refractivity contribution in [2.75, 3.05) is 6.61 Å². The van der Waals surface area contributed by atoms with Gasteiger partial charge in [0.1, 0.15) is 5.76 Å². The Morgan fingerprint density at radius 3 is 2.58 bits per heavy atom. The summed E-state index contributed by atoms with van der Waals surface area (Å²) >= 11 is 3.33. The Morgan fingerprint density at radius 2 is 1.88 bits per heavy atom. The molecular weight excluding hydrogens is 374 g/mol. The van der Waals surface area contributed by atoms with Gasteiger partial charge in [-0.05, 0) is 37.1 Å². The molecule has 6 heteroatoms. The van der Waals surface area contributed by atoms with Crippen molar-refractivity contribution in [1.82, 2.24) is 5.48 Å². The monoisotopic (exact) mass is 393 g/mol. The Balaban J connectivity index is 1.53. The summed E-state index contributed by atoms with van der Waals surface area (Å²) in [4.78, 5) is 28.7. The molecule has 1 amide bonds. The van der Waals surface area contributed by atoms with Crippen LogP contribution in [0.1, 0.15) is 41.8 Å². The summed E-state index contributed by atoms with van der Waals surface area (Å²) in [5, 5.41) is 0. The smallest absolute Gasteiger partial charge is 0.243 e. The number of Topliss-reactive ketones (excluding diaryl/α,β-unsaturated/α-hetero) is 1. The Bertz CT molecular complexity index is 638. The molecule has 1 aromatic carbocycles. The van der Waals surface area contributed by atoms with Crippen LogP contribution in [0.15, 0.2) is 51.6 Å². The number of halogens is 1. The number of aryl methyl sites for hydroxylation is 1. The van der Waals surface area contributed by atoms with Gasteiger partial charge in [0.05, 0.1) is 12.9 Å². The first-order valence-electron chi connectivity index (χ1n) is 7.87. The van der Waals surface area contributed by atoms with E-state index in [-0.39, 0.29) is 18.1 Å². The number of rotatable bonds is 10. The SMILES string of the molecule is O=C(CCCC(=O)c1ccc(Br)cc1)NOCCCc1ccco1. The number of hydrogen-bond donors (Lipinski definition) is 1. The first-order valence-corrected chi connectivity index (χ1v) is 8.66. The molecule has 0 spiro atoms. The normalized spacial score (nSPS) is 10.5. The van der Waals surface area contributed by atoms with Crippen LogP contribution in [0.4, 0.5) is 0 Å². The highest BCUT2D eigenvalue weighted by Gasteiger charge is 2.08. The van der Waals surface area contributed by atoms with Crippen LogP contribution >= 0.6 is 15.9 Å². The third-order valence-corrected chi connectivity index (χ3v) is 3.94. The molecule has 2 rings (SSSR count). The van der Waals surface area contributed by atoms with Gasteiger partial charge in [-0.25, -0.2) is 5.48 Å². The molecule has 1 heterocycles. The van der Waals surface area contributed by atoms with Crippen LogP contribution in [-0.4, -0.2) is 18.3 Å². The third kappa shape index (κ3) is 6.68. The Morgan fingerprint density at radius 1 is 1.08 bits per heavy atom. The van der Waals surface area contributed by atoms with Crippen LogP contribution < -0.4 is 5.48 Å². The molecule has 0 aliphatic heterocycles. The number of carbonyl (C=O) groups excluding carboxylic acids is 2. The molecule has 0 fully saturated rings. The molecule has 0 atom stereocenters. The highest BCUT2D eigenvalue weighted by molar-refractivity contribution is 9.10. The highest BCUT2D eigenvalue weighted by atomic mass is 79.9. The van der Waals surface area contributed by atoms with Crippen molar-refractivity contribution in [2.24, 2.45) is 0 Å². The third-order valence-electron chi connectivity index (χ3n) is 3.41. The molecule has 1 N–H and O–H groups in total. The van der Waals surface area contributed by atoms with Crippen molar-refractivity contribution < 1.29 is 18.8 Å². The molecule has 0 saturated heterocycles. The van der Waals surface area contributed by atoms with Crippen LogP contribution in [0.2, 0.25) is 0 Å². The zero-order valence-electron chi connectivity index (χ0n) is 13.3. The molecule has 0 unspecified atom stereocenters. The van der Waals surface area contributed by atoms with Crippen LogP contribution in [0.5, 0.6) is 0 Å². The molecule has 5 nitrogen and oxygen atoms in total. The van der Waals surface area contributed by atoms with E-state index in [1.165, 1.54) is 0 Å². The topological polar surface area (TPSA) is 68.5 Å². The van der Waals surface area contributed by atoms with Gasteiger partial charge in [-0.15, -0.1) is 0 Å². The summed E-state index contributed by atoms with van der Waals surface area (Å²) in [6, 6.07) is 10.9. The average Bonchev–Trinajstić information content (AvgIpc) is 3.08. The van der Waals surface area contributed by atoms with Gasteiger partial charge < -0.3 is 4.42 Å². The lowest BCUT2D eigenvalue weighted by Gasteiger charge is -2.05. The van der Waals surface area contributed by atoms with Crippen molar-refractivity contribution in [3.63, 3.8) is 0 Å². The highest BCUT2D eigenvalue weighted by Crippen LogP contribution is 2.13. The lowest BCUT2D eigenvalue weighted by atomic mass is 10.1. The van der Waals surface area contributed by atoms with Gasteiger partial charge in [0.25, 0.3) is 0 Å². The zero-order valence-corrected chi connectivity index (χ0v) is 14.9. The number of hydroxylamine groups is 1. The van der Waals surface area contributed by atoms with E-state index in [0.717, 1.165) is 23.1 Å². The van der Waals surface area contributed by atoms with E-state index in [1.54, 1.807) is 18.4 Å². The van der Waals surface area contributed by atoms with E-state index < -0.39 is 0 Å². The van der Waals surface area contributed by atoms with E-state index in [2.05, 4.69) is 21.4 Å². The van der Waals surface area contributed by atoms with Gasteiger partial charge in [-0.3, -0.25) is 14.4 Å². The maximum absolute atomic E-state index is 12.0. The molecule has 0 radical (unpaired) electrons. The Kier molecular flexibility index (Phi) is 7.71. The van der Waals surface area contributed by atoms with Crippen molar-refractivity contribution >= 4 is 27.6 Å². The second-order valence-electron chi connectivity index (χ2n) is 5.34. The summed E-state index contributed by atoms with van der Waals surface area (Å²) < 4.78 is 6.14. The number of amides is 1. The van der Waals surface area contributed by atoms with Gasteiger partial charge in [0.15, 0.2) is 5.78 Å². The molecule has 0 aliphatic rings. The number of hydrogen-bond acceptors (Lipinski definition) is 4. The first kappa shape index (κ1) is 18.4. The van der Waals surface area contributed by atoms with Gasteiger partial charge >= 0.3 is 0 Å². The van der Waals surface area contributed by atoms with Crippen LogP contribution in [0, 0.1) is 0 Å². The van der Waals surface area contributed by atoms with Crippen LogP contribution in [-0.2, 0) is 16.1 Å². The predicted octanol–water partition coefficient (Wildman–Crippen LogP) is 4.08. The molecule has 1 aromatic heterocycles. The van der Waals surface area contributed by atoms with Crippen molar-refractivity contribution in [3.8, 4) is 0 Å². The van der Waals surface area contributed by atoms with E-state index in [1.807, 2.05) is 24.3 Å². The maximum Gasteiger partial charge on any atom is 0.243 e. The quantitative estimate of drug-likeness (QED) is 0.375. The second kappa shape index (κ2) is 10.1. The van der Waals surface area contributed by atoms with Crippen LogP contribution in [0.3, 0.4) is 0 Å². The summed E-state index contributed by atoms with van der Waals surface area (Å²) in [5.41, 5.74) is 3.06. The minimum absolute atomic E-state index is 0.0367. The number of furan rings is 1. The molecular formula is C18H20BrNO4. The van der Waals surface area contributed by atoms with E-state index in [4.69, 9.17) is 9.25 Å². The molecule has 24 heavy (non-hydrogen) atoms. The molecule has 128 valence electrons. The fourth-order valence-corrected chi connectivity index (χ4v) is 2.41. The standard InChI is InChI=1S/C18H20BrNO4/c19-15-10-8-14(9-11-15)17(21)6-1-7-18(22)20-24-13-3-5-16-4-2-12-23-16/h2,4,8-12H,1,3,5-7,13H2,(H,20,22). The lowest BCUT2D eigenvalue weighted by molar-refractivity contribution is -0.133. The number of benzene rings is 1. The zero-order chi connectivity index (χ0) is 17.2. The van der Waals surface area contributed by atoms with Gasteiger partial charge in [0, 0.05) is 29.3 Å². The average molecular weight is 394 g/mol. The van der Waals surface area contributed by atoms with Gasteiger partial charge in [-0.1, -0.05) is 28.1 Å². The fourth-order valence-electron chi connectivity index (χ4n) is 2.15. The Hall–Kier alpha value is -1.92. The van der Waals surface area contributed by atoms with Gasteiger partial charge in [0.2, 0.25) is 5.91 Å². The van der Waals surface area contributed by atoms with Gasteiger partial charge in [-0.2, -0.15) is 0 Å². The minimum atomic E-state index is -0.211. The summed E-state index contributed by atoms with van der Waals surface area (Å²) in [6.45, 7) is 0.421. The fraction of sp³-hybridized carbons (Fsp3) is 0.333. The molecule has 0 bridgehead atoms. The molecule has 0 saturated carbocycles. The van der Waals surface area contributed by atoms with Crippen molar-refractivity contribution in [1.29, 1.82) is 0 Å². The van der Waals surface area contributed by atoms with Crippen LogP contribution in [0.25, 0.3) is 0 Å². The summed E-state index contributed by atoms with van der Waals surface area (Å²) in [6.07, 6.45) is 4.26. The summed E-state index contributed by atoms with van der Waals surface area (Å²) in [7, 11) is 0. The first-order chi connectivity index (χ1) is 11.6. The maximum atomic E-state index is 12.0. The summed E-state index contributed by atoms with van der Waals surface area (Å²) in [5.74, 6) is 0.725. The molecule has 0 aliphatic carbocycles. The van der Waals surface area contributed by atoms with E-state index in [9.17, 15) is 9.59 Å². The second-order valence-corrected chi connectivity index (χ2v) is 6.26. The van der Waals surface area contributed by atoms with Crippen molar-refractivity contribution in [3.05, 3.63) is 58.5 Å².